The Bertz CT molecular complexity index is 1200. The summed E-state index contributed by atoms with van der Waals surface area (Å²) in [6.07, 6.45) is 2.73. The van der Waals surface area contributed by atoms with Crippen LogP contribution in [0.3, 0.4) is 0 Å². The summed E-state index contributed by atoms with van der Waals surface area (Å²) in [5.41, 5.74) is 3.01. The van der Waals surface area contributed by atoms with Gasteiger partial charge in [-0.3, -0.25) is 0 Å². The summed E-state index contributed by atoms with van der Waals surface area (Å²) < 4.78 is 32.8. The van der Waals surface area contributed by atoms with E-state index in [0.717, 1.165) is 22.9 Å². The number of aliphatic carboxylic acids is 1. The fourth-order valence-corrected chi connectivity index (χ4v) is 4.85. The standard InChI is InChI=1S/C26H28O7S2.K/c1-35(30,31)33-24-12-10-23(11-13-24)32-16-14-19-2-4-21(5-3-19)18-25(26(28)29)34-17-15-20-6-8-22(27)9-7-20;/h2-13,25,27H,14-18H2,1H3,(H,28,29);/q;+1/p-1. The van der Waals surface area contributed by atoms with Crippen LogP contribution in [-0.2, 0) is 34.2 Å². The second kappa shape index (κ2) is 15.0. The number of hydrogen-bond acceptors (Lipinski definition) is 8. The smallest absolute Gasteiger partial charge is 0.549 e. The summed E-state index contributed by atoms with van der Waals surface area (Å²) in [5, 5.41) is 20.3. The van der Waals surface area contributed by atoms with Crippen molar-refractivity contribution in [2.24, 2.45) is 0 Å². The number of phenols is 1. The summed E-state index contributed by atoms with van der Waals surface area (Å²) in [5.74, 6) is 0.596. The molecule has 0 bridgehead atoms. The minimum absolute atomic E-state index is 0. The summed E-state index contributed by atoms with van der Waals surface area (Å²) in [6, 6.07) is 21.0. The number of benzene rings is 3. The number of carboxylic acids is 1. The van der Waals surface area contributed by atoms with Crippen LogP contribution in [0.2, 0.25) is 0 Å². The minimum atomic E-state index is -3.56. The number of hydrogen-bond donors (Lipinski definition) is 1. The molecule has 0 spiro atoms. The van der Waals surface area contributed by atoms with Gasteiger partial charge in [-0.2, -0.15) is 20.2 Å². The monoisotopic (exact) mass is 554 g/mol. The molecule has 1 unspecified atom stereocenters. The molecule has 0 fully saturated rings. The zero-order valence-electron chi connectivity index (χ0n) is 20.3. The fourth-order valence-electron chi connectivity index (χ4n) is 3.30. The van der Waals surface area contributed by atoms with Crippen LogP contribution < -0.4 is 65.4 Å². The van der Waals surface area contributed by atoms with Crippen molar-refractivity contribution in [1.29, 1.82) is 0 Å². The Balaban J connectivity index is 0.00000456. The van der Waals surface area contributed by atoms with Gasteiger partial charge in [-0.15, -0.1) is 0 Å². The maximum Gasteiger partial charge on any atom is 1.00 e. The predicted octanol–water partition coefficient (Wildman–Crippen LogP) is -0.00700. The molecule has 3 aromatic rings. The van der Waals surface area contributed by atoms with Gasteiger partial charge in [0.05, 0.1) is 18.8 Å². The first-order valence-electron chi connectivity index (χ1n) is 11.0. The van der Waals surface area contributed by atoms with Crippen LogP contribution in [-0.4, -0.2) is 43.4 Å². The number of aryl methyl sites for hydroxylation is 1. The van der Waals surface area contributed by atoms with Crippen LogP contribution in [0.1, 0.15) is 16.7 Å². The van der Waals surface area contributed by atoms with Gasteiger partial charge in [-0.1, -0.05) is 36.4 Å². The van der Waals surface area contributed by atoms with Crippen LogP contribution in [0.5, 0.6) is 17.2 Å². The molecule has 3 aromatic carbocycles. The second-order valence-electron chi connectivity index (χ2n) is 7.97. The first-order valence-corrected chi connectivity index (χ1v) is 13.8. The molecule has 10 heteroatoms. The molecule has 1 atom stereocenters. The predicted molar refractivity (Wildman–Crippen MR) is 134 cm³/mol. The van der Waals surface area contributed by atoms with Crippen LogP contribution in [0.15, 0.2) is 72.8 Å². The van der Waals surface area contributed by atoms with E-state index in [9.17, 15) is 23.4 Å². The third-order valence-electron chi connectivity index (χ3n) is 5.08. The van der Waals surface area contributed by atoms with Crippen molar-refractivity contribution in [2.45, 2.75) is 24.5 Å². The number of aromatic hydroxyl groups is 1. The molecule has 0 aliphatic rings. The van der Waals surface area contributed by atoms with E-state index in [4.69, 9.17) is 8.92 Å². The molecule has 36 heavy (non-hydrogen) atoms. The largest absolute Gasteiger partial charge is 1.00 e. The molecule has 3 rings (SSSR count). The van der Waals surface area contributed by atoms with Gasteiger partial charge < -0.3 is 23.9 Å². The van der Waals surface area contributed by atoms with E-state index in [1.54, 1.807) is 24.3 Å². The van der Waals surface area contributed by atoms with Crippen molar-refractivity contribution in [3.63, 3.8) is 0 Å². The summed E-state index contributed by atoms with van der Waals surface area (Å²) in [6.45, 7) is 0.431. The van der Waals surface area contributed by atoms with Gasteiger partial charge in [0.15, 0.2) is 0 Å². The van der Waals surface area contributed by atoms with Gasteiger partial charge in [0.2, 0.25) is 0 Å². The van der Waals surface area contributed by atoms with Gasteiger partial charge >= 0.3 is 61.5 Å². The van der Waals surface area contributed by atoms with Crippen LogP contribution in [0.4, 0.5) is 0 Å². The number of rotatable bonds is 13. The quantitative estimate of drug-likeness (QED) is 0.232. The molecule has 0 aliphatic heterocycles. The zero-order chi connectivity index (χ0) is 25.3. The van der Waals surface area contributed by atoms with Crippen molar-refractivity contribution in [3.8, 4) is 17.2 Å². The summed E-state index contributed by atoms with van der Waals surface area (Å²) in [4.78, 5) is 11.6. The van der Waals surface area contributed by atoms with Crippen LogP contribution in [0, 0.1) is 0 Å². The summed E-state index contributed by atoms with van der Waals surface area (Å²) >= 11 is 1.36. The Morgan fingerprint density at radius 1 is 0.889 bits per heavy atom. The molecule has 7 nitrogen and oxygen atoms in total. The van der Waals surface area contributed by atoms with E-state index in [1.807, 2.05) is 36.4 Å². The molecular weight excluding hydrogens is 528 g/mol. The van der Waals surface area contributed by atoms with E-state index >= 15 is 0 Å². The number of carbonyl (C=O) groups excluding carboxylic acids is 1. The Hall–Kier alpha value is -1.53. The molecule has 1 N–H and O–H groups in total. The third kappa shape index (κ3) is 11.2. The van der Waals surface area contributed by atoms with Gasteiger partial charge in [-0.25, -0.2) is 0 Å². The van der Waals surface area contributed by atoms with E-state index in [2.05, 4.69) is 0 Å². The maximum absolute atomic E-state index is 11.6. The molecule has 0 aliphatic carbocycles. The average Bonchev–Trinajstić information content (AvgIpc) is 2.81. The molecule has 186 valence electrons. The van der Waals surface area contributed by atoms with Gasteiger partial charge in [0.1, 0.15) is 17.2 Å². The minimum Gasteiger partial charge on any atom is -0.549 e. The number of phenolic OH excluding ortho intramolecular Hbond substituents is 1. The van der Waals surface area contributed by atoms with Crippen molar-refractivity contribution in [1.82, 2.24) is 0 Å². The number of thioether (sulfide) groups is 1. The molecule has 0 amide bonds. The van der Waals surface area contributed by atoms with Crippen LogP contribution >= 0.6 is 11.8 Å². The Morgan fingerprint density at radius 2 is 1.42 bits per heavy atom. The molecule has 0 saturated heterocycles. The maximum atomic E-state index is 11.6. The first kappa shape index (κ1) is 30.7. The van der Waals surface area contributed by atoms with E-state index in [-0.39, 0.29) is 62.9 Å². The Kier molecular flexibility index (Phi) is 12.8. The second-order valence-corrected chi connectivity index (χ2v) is 10.9. The SMILES string of the molecule is CS(=O)(=O)Oc1ccc(OCCc2ccc(CC(SCCc3ccc(O)cc3)C(=O)[O-])cc2)cc1.[K+]. The molecule has 0 heterocycles. The normalized spacial score (nSPS) is 11.8. The van der Waals surface area contributed by atoms with E-state index < -0.39 is 21.3 Å². The topological polar surface area (TPSA) is 113 Å². The molecule has 0 aromatic heterocycles. The van der Waals surface area contributed by atoms with Gasteiger partial charge in [0.25, 0.3) is 0 Å². The number of ether oxygens (including phenoxy) is 1. The first-order chi connectivity index (χ1) is 16.7. The fraction of sp³-hybridized carbons (Fsp3) is 0.269. The molecule has 0 radical (unpaired) electrons. The third-order valence-corrected chi connectivity index (χ3v) is 6.78. The van der Waals surface area contributed by atoms with Gasteiger partial charge in [-0.05, 0) is 71.7 Å². The van der Waals surface area contributed by atoms with E-state index in [1.165, 1.54) is 23.9 Å². The van der Waals surface area contributed by atoms with E-state index in [0.29, 0.717) is 37.4 Å². The molecule has 0 saturated carbocycles. The van der Waals surface area contributed by atoms with Crippen molar-refractivity contribution in [3.05, 3.63) is 89.5 Å². The number of carbonyl (C=O) groups is 1. The Morgan fingerprint density at radius 3 is 2.00 bits per heavy atom. The van der Waals surface area contributed by atoms with Crippen LogP contribution in [0.25, 0.3) is 0 Å². The van der Waals surface area contributed by atoms with Crippen molar-refractivity contribution in [2.75, 3.05) is 18.6 Å². The van der Waals surface area contributed by atoms with Gasteiger partial charge in [0, 0.05) is 11.7 Å². The molecular formula is C26H27KO7S2. The zero-order valence-corrected chi connectivity index (χ0v) is 25.0. The Labute approximate surface area is 258 Å². The average molecular weight is 555 g/mol. The summed E-state index contributed by atoms with van der Waals surface area (Å²) in [7, 11) is -3.56. The van der Waals surface area contributed by atoms with Crippen molar-refractivity contribution < 1.29 is 83.7 Å². The number of carboxylic acid groups (broad SMARTS) is 1. The van der Waals surface area contributed by atoms with Crippen molar-refractivity contribution >= 4 is 27.8 Å².